The Morgan fingerprint density at radius 1 is 2.00 bits per heavy atom. The first-order valence-electron chi connectivity index (χ1n) is 1.91. The van der Waals surface area contributed by atoms with Crippen LogP contribution in [-0.4, -0.2) is 12.1 Å². The molecule has 1 atom stereocenters. The van der Waals surface area contributed by atoms with Gasteiger partial charge in [0.2, 0.25) is 0 Å². The lowest BCUT2D eigenvalue weighted by Gasteiger charge is -1.93. The van der Waals surface area contributed by atoms with Crippen molar-refractivity contribution in [3.05, 3.63) is 6.42 Å². The van der Waals surface area contributed by atoms with Gasteiger partial charge in [-0.3, -0.25) is 4.79 Å². The Bertz CT molecular complexity index is 74.1. The first-order valence-corrected chi connectivity index (χ1v) is 1.91. The van der Waals surface area contributed by atoms with Crippen molar-refractivity contribution in [2.24, 2.45) is 5.73 Å². The molecule has 0 fully saturated rings. The molecular weight excluding hydrogens is 97.0 g/mol. The molecule has 0 spiro atoms. The SMILES string of the molecule is C[CH]C(F)C(N)=O. The molecule has 0 aromatic rings. The van der Waals surface area contributed by atoms with Crippen molar-refractivity contribution in [1.82, 2.24) is 0 Å². The maximum atomic E-state index is 11.7. The Kier molecular flexibility index (Phi) is 2.33. The largest absolute Gasteiger partial charge is 0.367 e. The van der Waals surface area contributed by atoms with E-state index in [1.807, 2.05) is 0 Å². The van der Waals surface area contributed by atoms with Crippen molar-refractivity contribution in [2.75, 3.05) is 0 Å². The van der Waals surface area contributed by atoms with Crippen molar-refractivity contribution in [3.8, 4) is 0 Å². The zero-order chi connectivity index (χ0) is 5.86. The summed E-state index contributed by atoms with van der Waals surface area (Å²) in [7, 11) is 0. The quantitative estimate of drug-likeness (QED) is 0.527. The summed E-state index contributed by atoms with van der Waals surface area (Å²) in [5.41, 5.74) is 4.50. The van der Waals surface area contributed by atoms with E-state index in [9.17, 15) is 9.18 Å². The number of amides is 1. The molecule has 0 heterocycles. The molecule has 2 nitrogen and oxygen atoms in total. The fraction of sp³-hybridized carbons (Fsp3) is 0.500. The van der Waals surface area contributed by atoms with Crippen LogP contribution in [-0.2, 0) is 4.79 Å². The van der Waals surface area contributed by atoms with Crippen molar-refractivity contribution in [2.45, 2.75) is 13.1 Å². The molecule has 1 radical (unpaired) electrons. The lowest BCUT2D eigenvalue weighted by Crippen LogP contribution is -2.23. The monoisotopic (exact) mass is 104 g/mol. The van der Waals surface area contributed by atoms with Gasteiger partial charge in [0, 0.05) is 6.42 Å². The second kappa shape index (κ2) is 2.55. The third kappa shape index (κ3) is 2.14. The maximum absolute atomic E-state index is 11.7. The zero-order valence-electron chi connectivity index (χ0n) is 4.02. The Morgan fingerprint density at radius 3 is 2.43 bits per heavy atom. The third-order valence-electron chi connectivity index (χ3n) is 0.564. The number of hydrogen-bond donors (Lipinski definition) is 1. The lowest BCUT2D eigenvalue weighted by atomic mass is 10.3. The van der Waals surface area contributed by atoms with E-state index < -0.39 is 12.1 Å². The van der Waals surface area contributed by atoms with Gasteiger partial charge in [0.15, 0.2) is 6.17 Å². The molecule has 3 heteroatoms. The zero-order valence-corrected chi connectivity index (χ0v) is 4.02. The summed E-state index contributed by atoms with van der Waals surface area (Å²) in [5, 5.41) is 0. The van der Waals surface area contributed by atoms with Crippen LogP contribution in [0.2, 0.25) is 0 Å². The smallest absolute Gasteiger partial charge is 0.252 e. The van der Waals surface area contributed by atoms with Crippen LogP contribution in [0.3, 0.4) is 0 Å². The highest BCUT2D eigenvalue weighted by Gasteiger charge is 2.08. The minimum atomic E-state index is -1.58. The number of rotatable bonds is 2. The Labute approximate surface area is 41.5 Å². The fourth-order valence-corrected chi connectivity index (χ4v) is 0.164. The summed E-state index contributed by atoms with van der Waals surface area (Å²) in [6, 6.07) is 0. The van der Waals surface area contributed by atoms with Crippen LogP contribution in [0.1, 0.15) is 6.92 Å². The number of alkyl halides is 1. The normalized spacial score (nSPS) is 13.4. The molecule has 0 aromatic carbocycles. The summed E-state index contributed by atoms with van der Waals surface area (Å²) in [5.74, 6) is -0.928. The van der Waals surface area contributed by atoms with Gasteiger partial charge < -0.3 is 5.73 Å². The predicted octanol–water partition coefficient (Wildman–Crippen LogP) is 0.0340. The molecule has 0 rings (SSSR count). The fourth-order valence-electron chi connectivity index (χ4n) is 0.164. The summed E-state index contributed by atoms with van der Waals surface area (Å²) < 4.78 is 11.7. The van der Waals surface area contributed by atoms with Gasteiger partial charge in [-0.15, -0.1) is 0 Å². The number of halogens is 1. The summed E-state index contributed by atoms with van der Waals surface area (Å²) in [6.07, 6.45) is -0.484. The van der Waals surface area contributed by atoms with Crippen molar-refractivity contribution in [1.29, 1.82) is 0 Å². The molecule has 1 unspecified atom stereocenters. The second-order valence-corrected chi connectivity index (χ2v) is 1.14. The number of hydrogen-bond acceptors (Lipinski definition) is 1. The lowest BCUT2D eigenvalue weighted by molar-refractivity contribution is -0.121. The van der Waals surface area contributed by atoms with Crippen LogP contribution < -0.4 is 5.73 Å². The van der Waals surface area contributed by atoms with Crippen molar-refractivity contribution < 1.29 is 9.18 Å². The average Bonchev–Trinajstić information content (AvgIpc) is 1.65. The van der Waals surface area contributed by atoms with E-state index in [-0.39, 0.29) is 0 Å². The molecule has 0 bridgehead atoms. The third-order valence-corrected chi connectivity index (χ3v) is 0.564. The Morgan fingerprint density at radius 2 is 2.43 bits per heavy atom. The number of nitrogens with two attached hydrogens (primary N) is 1. The van der Waals surface area contributed by atoms with E-state index in [0.717, 1.165) is 6.42 Å². The first kappa shape index (κ1) is 6.40. The van der Waals surface area contributed by atoms with Gasteiger partial charge in [-0.05, 0) is 0 Å². The molecule has 0 aliphatic carbocycles. The van der Waals surface area contributed by atoms with Gasteiger partial charge in [-0.25, -0.2) is 4.39 Å². The predicted molar refractivity (Wildman–Crippen MR) is 24.1 cm³/mol. The van der Waals surface area contributed by atoms with Gasteiger partial charge in [0.05, 0.1) is 0 Å². The highest BCUT2D eigenvalue weighted by Crippen LogP contribution is 1.90. The summed E-state index contributed by atoms with van der Waals surface area (Å²) in [4.78, 5) is 9.75. The summed E-state index contributed by atoms with van der Waals surface area (Å²) >= 11 is 0. The van der Waals surface area contributed by atoms with Crippen LogP contribution in [0.5, 0.6) is 0 Å². The molecular formula is C4H7FNO. The van der Waals surface area contributed by atoms with E-state index >= 15 is 0 Å². The Hall–Kier alpha value is -0.600. The van der Waals surface area contributed by atoms with Crippen LogP contribution in [0, 0.1) is 6.42 Å². The number of primary amides is 1. The minimum Gasteiger partial charge on any atom is -0.367 e. The van der Waals surface area contributed by atoms with E-state index in [2.05, 4.69) is 5.73 Å². The van der Waals surface area contributed by atoms with E-state index in [1.54, 1.807) is 0 Å². The summed E-state index contributed by atoms with van der Waals surface area (Å²) in [6.45, 7) is 1.44. The Balaban J connectivity index is 3.34. The first-order chi connectivity index (χ1) is 3.18. The molecule has 7 heavy (non-hydrogen) atoms. The molecule has 2 N–H and O–H groups in total. The number of carbonyl (C=O) groups excluding carboxylic acids is 1. The van der Waals surface area contributed by atoms with Gasteiger partial charge in [-0.2, -0.15) is 0 Å². The highest BCUT2D eigenvalue weighted by atomic mass is 19.1. The molecule has 0 aliphatic heterocycles. The minimum absolute atomic E-state index is 0.928. The van der Waals surface area contributed by atoms with E-state index in [4.69, 9.17) is 0 Å². The topological polar surface area (TPSA) is 43.1 Å². The highest BCUT2D eigenvalue weighted by molar-refractivity contribution is 5.79. The van der Waals surface area contributed by atoms with Gasteiger partial charge in [0.25, 0.3) is 5.91 Å². The van der Waals surface area contributed by atoms with Crippen LogP contribution in [0.4, 0.5) is 4.39 Å². The van der Waals surface area contributed by atoms with Crippen LogP contribution in [0.15, 0.2) is 0 Å². The molecule has 41 valence electrons. The van der Waals surface area contributed by atoms with E-state index in [1.165, 1.54) is 6.92 Å². The van der Waals surface area contributed by atoms with Gasteiger partial charge >= 0.3 is 0 Å². The second-order valence-electron chi connectivity index (χ2n) is 1.14. The van der Waals surface area contributed by atoms with Crippen molar-refractivity contribution in [3.63, 3.8) is 0 Å². The van der Waals surface area contributed by atoms with Crippen molar-refractivity contribution >= 4 is 5.91 Å². The van der Waals surface area contributed by atoms with Crippen LogP contribution >= 0.6 is 0 Å². The van der Waals surface area contributed by atoms with Crippen LogP contribution in [0.25, 0.3) is 0 Å². The molecule has 0 saturated carbocycles. The van der Waals surface area contributed by atoms with Gasteiger partial charge in [0.1, 0.15) is 0 Å². The maximum Gasteiger partial charge on any atom is 0.252 e. The molecule has 0 saturated heterocycles. The molecule has 1 amide bonds. The molecule has 0 aliphatic rings. The average molecular weight is 104 g/mol. The van der Waals surface area contributed by atoms with E-state index in [0.29, 0.717) is 0 Å². The standard InChI is InChI=1S/C4H7FNO/c1-2-3(5)4(6)7/h2-3H,1H3,(H2,6,7). The molecule has 0 aromatic heterocycles. The number of carbonyl (C=O) groups is 1. The van der Waals surface area contributed by atoms with Gasteiger partial charge in [-0.1, -0.05) is 6.92 Å².